The predicted molar refractivity (Wildman–Crippen MR) is 174 cm³/mol. The number of rotatable bonds is 7. The smallest absolute Gasteiger partial charge is 0.212 e. The lowest BCUT2D eigenvalue weighted by Crippen LogP contribution is -2.04. The number of para-hydroxylation sites is 2. The average Bonchev–Trinajstić information content (AvgIpc) is 3.85. The Balaban J connectivity index is 1.20. The van der Waals surface area contributed by atoms with E-state index >= 15 is 0 Å². The molecule has 1 atom stereocenters. The summed E-state index contributed by atoms with van der Waals surface area (Å²) in [5, 5.41) is 13.9. The highest BCUT2D eigenvalue weighted by Crippen LogP contribution is 2.37. The number of nitrogens with one attached hydrogen (secondary N) is 4. The molecule has 4 aromatic heterocycles. The topological polar surface area (TPSA) is 118 Å². The van der Waals surface area contributed by atoms with Gasteiger partial charge in [0.1, 0.15) is 0 Å². The Morgan fingerprint density at radius 2 is 1.39 bits per heavy atom. The van der Waals surface area contributed by atoms with Crippen molar-refractivity contribution in [3.63, 3.8) is 0 Å². The molecular formula is C37H28N4O3. The molecule has 0 spiro atoms. The van der Waals surface area contributed by atoms with E-state index in [1.165, 1.54) is 0 Å². The highest BCUT2D eigenvalue weighted by atomic mass is 16.3. The summed E-state index contributed by atoms with van der Waals surface area (Å²) >= 11 is 0. The molecule has 0 saturated heterocycles. The summed E-state index contributed by atoms with van der Waals surface area (Å²) in [5.74, 6) is -0.227. The number of ketones is 1. The molecule has 0 saturated carbocycles. The maximum atomic E-state index is 13.6. The third kappa shape index (κ3) is 3.87. The maximum Gasteiger partial charge on any atom is 0.212 e. The van der Waals surface area contributed by atoms with E-state index in [0.717, 1.165) is 72.5 Å². The molecule has 214 valence electrons. The van der Waals surface area contributed by atoms with Gasteiger partial charge in [0.2, 0.25) is 5.78 Å². The van der Waals surface area contributed by atoms with Crippen LogP contribution in [0.1, 0.15) is 56.1 Å². The van der Waals surface area contributed by atoms with Crippen molar-refractivity contribution >= 4 is 55.7 Å². The van der Waals surface area contributed by atoms with Crippen molar-refractivity contribution in [1.29, 1.82) is 0 Å². The number of H-pyrrole nitrogens is 4. The van der Waals surface area contributed by atoms with Crippen LogP contribution in [0.15, 0.2) is 97.3 Å². The number of benzene rings is 4. The first-order valence-electron chi connectivity index (χ1n) is 14.6. The molecule has 7 heteroatoms. The molecule has 0 fully saturated rings. The number of aromatic nitrogens is 4. The fourth-order valence-electron chi connectivity index (χ4n) is 6.68. The van der Waals surface area contributed by atoms with Crippen LogP contribution in [0.3, 0.4) is 0 Å². The van der Waals surface area contributed by atoms with Gasteiger partial charge in [0, 0.05) is 78.7 Å². The number of carbonyl (C=O) groups is 2. The van der Waals surface area contributed by atoms with Crippen molar-refractivity contribution in [3.05, 3.63) is 131 Å². The van der Waals surface area contributed by atoms with Gasteiger partial charge in [-0.05, 0) is 53.1 Å². The van der Waals surface area contributed by atoms with Crippen molar-refractivity contribution in [2.75, 3.05) is 0 Å². The molecule has 4 heterocycles. The lowest BCUT2D eigenvalue weighted by molar-refractivity contribution is 0.102. The third-order valence-corrected chi connectivity index (χ3v) is 8.97. The summed E-state index contributed by atoms with van der Waals surface area (Å²) in [6.45, 7) is 2.10. The van der Waals surface area contributed by atoms with Gasteiger partial charge >= 0.3 is 0 Å². The van der Waals surface area contributed by atoms with Gasteiger partial charge in [-0.3, -0.25) is 9.59 Å². The van der Waals surface area contributed by atoms with E-state index in [-0.39, 0.29) is 24.0 Å². The Morgan fingerprint density at radius 3 is 2.16 bits per heavy atom. The third-order valence-electron chi connectivity index (χ3n) is 8.97. The summed E-state index contributed by atoms with van der Waals surface area (Å²) in [6.07, 6.45) is 4.50. The van der Waals surface area contributed by atoms with Crippen LogP contribution in [0.2, 0.25) is 0 Å². The normalized spacial score (nSPS) is 12.5. The van der Waals surface area contributed by atoms with Crippen molar-refractivity contribution in [2.24, 2.45) is 0 Å². The monoisotopic (exact) mass is 576 g/mol. The van der Waals surface area contributed by atoms with Crippen LogP contribution in [0.5, 0.6) is 0 Å². The lowest BCUT2D eigenvalue weighted by Gasteiger charge is -2.12. The van der Waals surface area contributed by atoms with Crippen LogP contribution in [0.25, 0.3) is 54.7 Å². The van der Waals surface area contributed by atoms with E-state index in [1.54, 1.807) is 6.20 Å². The largest absolute Gasteiger partial charge is 0.392 e. The number of aliphatic hydroxyl groups excluding tert-OH is 1. The van der Waals surface area contributed by atoms with Crippen LogP contribution >= 0.6 is 0 Å². The fraction of sp³-hybridized carbons (Fsp3) is 0.0811. The molecular weight excluding hydrogens is 548 g/mol. The summed E-state index contributed by atoms with van der Waals surface area (Å²) in [6, 6.07) is 27.8. The number of aldehydes is 1. The van der Waals surface area contributed by atoms with Gasteiger partial charge in [-0.1, -0.05) is 55.5 Å². The minimum Gasteiger partial charge on any atom is -0.392 e. The van der Waals surface area contributed by atoms with E-state index in [0.29, 0.717) is 16.5 Å². The summed E-state index contributed by atoms with van der Waals surface area (Å²) < 4.78 is 0. The molecule has 0 aliphatic carbocycles. The first-order valence-corrected chi connectivity index (χ1v) is 14.6. The predicted octanol–water partition coefficient (Wildman–Crippen LogP) is 7.97. The molecule has 0 bridgehead atoms. The van der Waals surface area contributed by atoms with Crippen LogP contribution in [-0.4, -0.2) is 37.1 Å². The quantitative estimate of drug-likeness (QED) is 0.0978. The molecule has 0 radical (unpaired) electrons. The van der Waals surface area contributed by atoms with Gasteiger partial charge in [0.25, 0.3) is 0 Å². The molecule has 0 aliphatic heterocycles. The van der Waals surface area contributed by atoms with Gasteiger partial charge < -0.3 is 25.0 Å². The Bertz CT molecular complexity index is 2400. The van der Waals surface area contributed by atoms with Crippen LogP contribution in [0, 0.1) is 0 Å². The fourth-order valence-corrected chi connectivity index (χ4v) is 6.68. The van der Waals surface area contributed by atoms with Crippen molar-refractivity contribution in [3.8, 4) is 11.1 Å². The van der Waals surface area contributed by atoms with Crippen LogP contribution in [-0.2, 0) is 6.61 Å². The highest BCUT2D eigenvalue weighted by molar-refractivity contribution is 6.21. The standard InChI is InChI=1S/C37H28N4O3/c1-20(35-29(18-42)24-7-3-5-9-33(24)40-35)27-16-38-32-12-10-21(14-25(27)32)22-11-13-34-26(15-22)30(19-43)36(41-34)37(44)28-17-39-31-8-4-2-6-23(28)31/h2-17,19-20,38-42H,18H2,1H3. The minimum absolute atomic E-state index is 0.000419. The second-order valence-electron chi connectivity index (χ2n) is 11.3. The average molecular weight is 577 g/mol. The van der Waals surface area contributed by atoms with E-state index in [9.17, 15) is 14.7 Å². The van der Waals surface area contributed by atoms with Gasteiger partial charge in [0.05, 0.1) is 17.9 Å². The zero-order chi connectivity index (χ0) is 29.9. The molecule has 1 unspecified atom stereocenters. The summed E-state index contributed by atoms with van der Waals surface area (Å²) in [7, 11) is 0. The van der Waals surface area contributed by atoms with Crippen LogP contribution < -0.4 is 0 Å². The Hall–Kier alpha value is -5.66. The molecule has 0 aliphatic rings. The Labute approximate surface area is 251 Å². The van der Waals surface area contributed by atoms with Gasteiger partial charge in [-0.2, -0.15) is 0 Å². The van der Waals surface area contributed by atoms with E-state index < -0.39 is 0 Å². The van der Waals surface area contributed by atoms with E-state index in [4.69, 9.17) is 0 Å². The Morgan fingerprint density at radius 1 is 0.750 bits per heavy atom. The number of hydrogen-bond donors (Lipinski definition) is 5. The van der Waals surface area contributed by atoms with E-state index in [2.05, 4.69) is 45.1 Å². The molecule has 4 aromatic carbocycles. The zero-order valence-corrected chi connectivity index (χ0v) is 23.9. The van der Waals surface area contributed by atoms with Crippen molar-refractivity contribution in [1.82, 2.24) is 19.9 Å². The number of aliphatic hydroxyl groups is 1. The first kappa shape index (κ1) is 26.0. The maximum absolute atomic E-state index is 13.6. The number of hydrogen-bond acceptors (Lipinski definition) is 3. The summed E-state index contributed by atoms with van der Waals surface area (Å²) in [4.78, 5) is 39.3. The number of aromatic amines is 4. The van der Waals surface area contributed by atoms with Crippen molar-refractivity contribution in [2.45, 2.75) is 19.4 Å². The molecule has 8 rings (SSSR count). The van der Waals surface area contributed by atoms with Gasteiger partial charge in [0.15, 0.2) is 6.29 Å². The Kier molecular flexibility index (Phi) is 5.89. The van der Waals surface area contributed by atoms with E-state index in [1.807, 2.05) is 72.9 Å². The molecule has 7 nitrogen and oxygen atoms in total. The molecule has 0 amide bonds. The summed E-state index contributed by atoms with van der Waals surface area (Å²) in [5.41, 5.74) is 9.74. The SMILES string of the molecule is CC(c1[nH]c2ccccc2c1CO)c1c[nH]c2ccc(-c3ccc4[nH]c(C(=O)c5c[nH]c6ccccc56)c(C=O)c4c3)cc12. The molecule has 8 aromatic rings. The first-order chi connectivity index (χ1) is 21.6. The highest BCUT2D eigenvalue weighted by Gasteiger charge is 2.23. The van der Waals surface area contributed by atoms with Crippen molar-refractivity contribution < 1.29 is 14.7 Å². The van der Waals surface area contributed by atoms with Gasteiger partial charge in [-0.25, -0.2) is 0 Å². The molecule has 44 heavy (non-hydrogen) atoms. The zero-order valence-electron chi connectivity index (χ0n) is 23.9. The molecule has 5 N–H and O–H groups in total. The second kappa shape index (κ2) is 9.97. The number of carbonyl (C=O) groups excluding carboxylic acids is 2. The number of fused-ring (bicyclic) bond motifs is 4. The lowest BCUT2D eigenvalue weighted by atomic mass is 9.92. The van der Waals surface area contributed by atoms with Gasteiger partial charge in [-0.15, -0.1) is 0 Å². The minimum atomic E-state index is -0.228. The second-order valence-corrected chi connectivity index (χ2v) is 11.3. The van der Waals surface area contributed by atoms with Crippen LogP contribution in [0.4, 0.5) is 0 Å².